The molecule has 154 valence electrons. The lowest BCUT2D eigenvalue weighted by molar-refractivity contribution is -0.121. The van der Waals surface area contributed by atoms with Crippen LogP contribution in [0.25, 0.3) is 0 Å². The number of esters is 1. The molecular weight excluding hydrogens is 382 g/mol. The maximum absolute atomic E-state index is 12.6. The van der Waals surface area contributed by atoms with Crippen LogP contribution in [0.1, 0.15) is 36.0 Å². The largest absolute Gasteiger partial charge is 0.452 e. The molecule has 2 aromatic carbocycles. The summed E-state index contributed by atoms with van der Waals surface area (Å²) in [4.78, 5) is 40.1. The Hall–Kier alpha value is -3.66. The fourth-order valence-electron chi connectivity index (χ4n) is 3.31. The maximum Gasteiger partial charge on any atom is 0.338 e. The van der Waals surface area contributed by atoms with Crippen LogP contribution in [0.4, 0.5) is 11.4 Å². The van der Waals surface area contributed by atoms with Crippen molar-refractivity contribution in [1.29, 1.82) is 5.26 Å². The van der Waals surface area contributed by atoms with Crippen LogP contribution in [-0.4, -0.2) is 37.5 Å². The zero-order valence-electron chi connectivity index (χ0n) is 16.6. The molecule has 3 rings (SSSR count). The highest BCUT2D eigenvalue weighted by Crippen LogP contribution is 2.21. The molecule has 2 aromatic rings. The van der Waals surface area contributed by atoms with Crippen molar-refractivity contribution < 1.29 is 19.1 Å². The lowest BCUT2D eigenvalue weighted by atomic mass is 10.1. The summed E-state index contributed by atoms with van der Waals surface area (Å²) in [6.07, 6.45) is 2.57. The van der Waals surface area contributed by atoms with Crippen molar-refractivity contribution in [2.45, 2.75) is 25.7 Å². The molecule has 2 amide bonds. The van der Waals surface area contributed by atoms with Crippen molar-refractivity contribution in [2.24, 2.45) is 0 Å². The number of rotatable bonds is 7. The van der Waals surface area contributed by atoms with E-state index in [0.29, 0.717) is 24.2 Å². The molecule has 30 heavy (non-hydrogen) atoms. The predicted molar refractivity (Wildman–Crippen MR) is 112 cm³/mol. The van der Waals surface area contributed by atoms with Crippen LogP contribution >= 0.6 is 0 Å². The lowest BCUT2D eigenvalue weighted by Crippen LogP contribution is -2.35. The van der Waals surface area contributed by atoms with Gasteiger partial charge in [-0.1, -0.05) is 18.2 Å². The van der Waals surface area contributed by atoms with E-state index in [4.69, 9.17) is 10.00 Å². The van der Waals surface area contributed by atoms with E-state index in [9.17, 15) is 14.4 Å². The maximum atomic E-state index is 12.6. The highest BCUT2D eigenvalue weighted by atomic mass is 16.5. The van der Waals surface area contributed by atoms with E-state index in [1.165, 1.54) is 4.90 Å². The van der Waals surface area contributed by atoms with Gasteiger partial charge in [-0.15, -0.1) is 0 Å². The average molecular weight is 405 g/mol. The van der Waals surface area contributed by atoms with Crippen molar-refractivity contribution in [2.75, 3.05) is 29.5 Å². The van der Waals surface area contributed by atoms with Gasteiger partial charge in [-0.05, 0) is 49.2 Å². The van der Waals surface area contributed by atoms with E-state index in [1.54, 1.807) is 53.4 Å². The molecule has 0 bridgehead atoms. The van der Waals surface area contributed by atoms with Crippen LogP contribution in [0.3, 0.4) is 0 Å². The minimum atomic E-state index is -0.617. The van der Waals surface area contributed by atoms with Gasteiger partial charge in [-0.2, -0.15) is 5.26 Å². The topological polar surface area (TPSA) is 90.7 Å². The van der Waals surface area contributed by atoms with Crippen molar-refractivity contribution in [3.8, 4) is 6.07 Å². The van der Waals surface area contributed by atoms with Gasteiger partial charge in [0.05, 0.1) is 18.1 Å². The molecule has 0 aliphatic carbocycles. The van der Waals surface area contributed by atoms with Crippen LogP contribution in [0.2, 0.25) is 0 Å². The van der Waals surface area contributed by atoms with Gasteiger partial charge in [0.2, 0.25) is 5.91 Å². The molecule has 0 saturated carbocycles. The fraction of sp³-hybridized carbons (Fsp3) is 0.304. The highest BCUT2D eigenvalue weighted by molar-refractivity contribution is 5.98. The highest BCUT2D eigenvalue weighted by Gasteiger charge is 2.21. The number of carbonyl (C=O) groups is 3. The van der Waals surface area contributed by atoms with Crippen molar-refractivity contribution in [3.63, 3.8) is 0 Å². The van der Waals surface area contributed by atoms with E-state index in [-0.39, 0.29) is 18.9 Å². The second-order valence-electron chi connectivity index (χ2n) is 6.91. The molecule has 1 aliphatic heterocycles. The summed E-state index contributed by atoms with van der Waals surface area (Å²) in [5.41, 5.74) is 1.70. The van der Waals surface area contributed by atoms with E-state index in [0.717, 1.165) is 18.5 Å². The molecule has 7 heteroatoms. The number of benzene rings is 2. The monoisotopic (exact) mass is 405 g/mol. The standard InChI is InChI=1S/C23H23N3O4/c24-14-6-16-26(19-7-2-1-3-8-19)22(28)17-30-23(29)18-10-12-20(13-11-18)25-15-5-4-9-21(25)27/h1-3,7-8,10-13H,4-6,9,15-17H2. The number of nitriles is 1. The second-order valence-corrected chi connectivity index (χ2v) is 6.91. The SMILES string of the molecule is N#CCCN(C(=O)COC(=O)c1ccc(N2CCCCC2=O)cc1)c1ccccc1. The van der Waals surface area contributed by atoms with Gasteiger partial charge in [0.25, 0.3) is 5.91 Å². The zero-order chi connectivity index (χ0) is 21.3. The Kier molecular flexibility index (Phi) is 7.17. The zero-order valence-corrected chi connectivity index (χ0v) is 16.6. The van der Waals surface area contributed by atoms with Gasteiger partial charge in [0.15, 0.2) is 6.61 Å². The molecule has 7 nitrogen and oxygen atoms in total. The molecule has 0 radical (unpaired) electrons. The normalized spacial score (nSPS) is 13.4. The minimum Gasteiger partial charge on any atom is -0.452 e. The number of ether oxygens (including phenoxy) is 1. The molecule has 1 saturated heterocycles. The molecule has 0 atom stereocenters. The number of amides is 2. The first-order chi connectivity index (χ1) is 14.6. The number of hydrogen-bond donors (Lipinski definition) is 0. The summed E-state index contributed by atoms with van der Waals surface area (Å²) in [5.74, 6) is -0.936. The first-order valence-corrected chi connectivity index (χ1v) is 9.90. The Balaban J connectivity index is 1.60. The Morgan fingerprint density at radius 1 is 1.07 bits per heavy atom. The molecule has 0 N–H and O–H groups in total. The quantitative estimate of drug-likeness (QED) is 0.659. The van der Waals surface area contributed by atoms with Crippen molar-refractivity contribution >= 4 is 29.2 Å². The van der Waals surface area contributed by atoms with E-state index in [2.05, 4.69) is 0 Å². The van der Waals surface area contributed by atoms with Crippen LogP contribution in [0.5, 0.6) is 0 Å². The second kappa shape index (κ2) is 10.2. The van der Waals surface area contributed by atoms with Gasteiger partial charge >= 0.3 is 5.97 Å². The van der Waals surface area contributed by atoms with Crippen molar-refractivity contribution in [1.82, 2.24) is 0 Å². The average Bonchev–Trinajstić information content (AvgIpc) is 2.79. The first-order valence-electron chi connectivity index (χ1n) is 9.90. The van der Waals surface area contributed by atoms with Gasteiger partial charge in [-0.25, -0.2) is 4.79 Å². The number of carbonyl (C=O) groups excluding carboxylic acids is 3. The summed E-state index contributed by atoms with van der Waals surface area (Å²) in [5, 5.41) is 8.85. The molecule has 1 aliphatic rings. The smallest absolute Gasteiger partial charge is 0.338 e. The third-order valence-corrected chi connectivity index (χ3v) is 4.88. The number of hydrogen-bond acceptors (Lipinski definition) is 5. The third-order valence-electron chi connectivity index (χ3n) is 4.88. The molecule has 0 aromatic heterocycles. The van der Waals surface area contributed by atoms with Gasteiger partial charge < -0.3 is 14.5 Å². The third kappa shape index (κ3) is 5.23. The Morgan fingerprint density at radius 3 is 2.47 bits per heavy atom. The van der Waals surface area contributed by atoms with Gasteiger partial charge in [-0.3, -0.25) is 9.59 Å². The first kappa shape index (κ1) is 21.1. The summed E-state index contributed by atoms with van der Waals surface area (Å²) >= 11 is 0. The minimum absolute atomic E-state index is 0.0838. The Bertz CT molecular complexity index is 935. The summed E-state index contributed by atoms with van der Waals surface area (Å²) < 4.78 is 5.19. The van der Waals surface area contributed by atoms with E-state index >= 15 is 0 Å². The Labute approximate surface area is 175 Å². The number of para-hydroxylation sites is 1. The Morgan fingerprint density at radius 2 is 1.80 bits per heavy atom. The lowest BCUT2D eigenvalue weighted by Gasteiger charge is -2.26. The summed E-state index contributed by atoms with van der Waals surface area (Å²) in [6.45, 7) is 0.468. The fourth-order valence-corrected chi connectivity index (χ4v) is 3.31. The van der Waals surface area contributed by atoms with Crippen LogP contribution in [0.15, 0.2) is 54.6 Å². The van der Waals surface area contributed by atoms with Gasteiger partial charge in [0.1, 0.15) is 0 Å². The molecule has 0 spiro atoms. The molecule has 1 heterocycles. The molecular formula is C23H23N3O4. The summed E-state index contributed by atoms with van der Waals surface area (Å²) in [6, 6.07) is 17.6. The number of nitrogens with zero attached hydrogens (tertiary/aromatic N) is 3. The molecule has 1 fully saturated rings. The van der Waals surface area contributed by atoms with Gasteiger partial charge in [0, 0.05) is 30.9 Å². The number of piperidine rings is 1. The predicted octanol–water partition coefficient (Wildman–Crippen LogP) is 3.31. The molecule has 0 unspecified atom stereocenters. The van der Waals surface area contributed by atoms with Crippen LogP contribution < -0.4 is 9.80 Å². The van der Waals surface area contributed by atoms with Crippen LogP contribution in [-0.2, 0) is 14.3 Å². The van der Waals surface area contributed by atoms with Crippen LogP contribution in [0, 0.1) is 11.3 Å². The van der Waals surface area contributed by atoms with E-state index in [1.807, 2.05) is 12.1 Å². The number of anilines is 2. The van der Waals surface area contributed by atoms with E-state index < -0.39 is 18.5 Å². The van der Waals surface area contributed by atoms with Crippen molar-refractivity contribution in [3.05, 3.63) is 60.2 Å². The summed E-state index contributed by atoms with van der Waals surface area (Å²) in [7, 11) is 0.